The Morgan fingerprint density at radius 1 is 1.21 bits per heavy atom. The number of allylic oxidation sites excluding steroid dienone is 1. The standard InChI is InChI=1S/C26H34N4O2S2/c1-4-26(33-3)34(31,32)29-18-22-13-9-10-14-25(22)30(19-23(17-27)28-5-2)24(20-29)16-15-21-11-7-6-8-12-21/h4-14,17,24,28H,2,15-16,18-20,27H2,1,3H3/b23-17-,26-4+. The SMILES string of the molecule is C=CN/C(=C\N)CN1c2ccccc2CN(S(=O)(=O)/C(=C/C)SC)CC1CCc1ccccc1. The quantitative estimate of drug-likeness (QED) is 0.506. The number of sulfonamides is 1. The average Bonchev–Trinajstić information content (AvgIpc) is 3.01. The van der Waals surface area contributed by atoms with E-state index < -0.39 is 10.0 Å². The van der Waals surface area contributed by atoms with Gasteiger partial charge in [0, 0.05) is 31.0 Å². The van der Waals surface area contributed by atoms with Crippen LogP contribution in [0.15, 0.2) is 89.6 Å². The summed E-state index contributed by atoms with van der Waals surface area (Å²) in [7, 11) is -3.61. The van der Waals surface area contributed by atoms with Crippen LogP contribution in [-0.2, 0) is 23.0 Å². The normalized spacial score (nSPS) is 17.7. The van der Waals surface area contributed by atoms with E-state index in [9.17, 15) is 8.42 Å². The Morgan fingerprint density at radius 3 is 2.56 bits per heavy atom. The van der Waals surface area contributed by atoms with Crippen LogP contribution in [0.1, 0.15) is 24.5 Å². The van der Waals surface area contributed by atoms with E-state index in [-0.39, 0.29) is 6.04 Å². The zero-order valence-electron chi connectivity index (χ0n) is 19.9. The third kappa shape index (κ3) is 6.05. The molecule has 3 N–H and O–H groups in total. The van der Waals surface area contributed by atoms with Crippen LogP contribution in [0.25, 0.3) is 0 Å². The largest absolute Gasteiger partial charge is 0.403 e. The van der Waals surface area contributed by atoms with Crippen molar-refractivity contribution in [1.82, 2.24) is 9.62 Å². The molecule has 8 heteroatoms. The van der Waals surface area contributed by atoms with Gasteiger partial charge in [0.05, 0.1) is 12.2 Å². The first-order valence-corrected chi connectivity index (χ1v) is 14.0. The van der Waals surface area contributed by atoms with Crippen LogP contribution in [0.3, 0.4) is 0 Å². The number of fused-ring (bicyclic) bond motifs is 1. The van der Waals surface area contributed by atoms with Crippen LogP contribution in [-0.4, -0.2) is 38.1 Å². The molecule has 0 amide bonds. The lowest BCUT2D eigenvalue weighted by molar-refractivity contribution is 0.377. The van der Waals surface area contributed by atoms with Gasteiger partial charge in [-0.05, 0) is 49.4 Å². The highest BCUT2D eigenvalue weighted by atomic mass is 32.3. The number of hydrogen-bond donors (Lipinski definition) is 2. The van der Waals surface area contributed by atoms with Gasteiger partial charge in [-0.15, -0.1) is 11.8 Å². The molecular weight excluding hydrogens is 464 g/mol. The van der Waals surface area contributed by atoms with E-state index in [0.29, 0.717) is 23.9 Å². The fourth-order valence-electron chi connectivity index (χ4n) is 4.29. The molecule has 1 atom stereocenters. The Bertz CT molecular complexity index is 1130. The summed E-state index contributed by atoms with van der Waals surface area (Å²) in [5, 5.41) is 3.12. The second-order valence-electron chi connectivity index (χ2n) is 8.08. The second kappa shape index (κ2) is 12.1. The summed E-state index contributed by atoms with van der Waals surface area (Å²) >= 11 is 1.26. The number of thioether (sulfide) groups is 1. The number of nitrogens with two attached hydrogens (primary N) is 1. The summed E-state index contributed by atoms with van der Waals surface area (Å²) in [6, 6.07) is 18.3. The smallest absolute Gasteiger partial charge is 0.249 e. The minimum absolute atomic E-state index is 0.0554. The summed E-state index contributed by atoms with van der Waals surface area (Å²) in [5.41, 5.74) is 9.93. The fraction of sp³-hybridized carbons (Fsp3) is 0.308. The molecule has 1 aliphatic rings. The molecule has 182 valence electrons. The van der Waals surface area contributed by atoms with Crippen molar-refractivity contribution in [2.45, 2.75) is 32.4 Å². The first-order valence-electron chi connectivity index (χ1n) is 11.3. The van der Waals surface area contributed by atoms with Crippen molar-refractivity contribution in [3.05, 3.63) is 101 Å². The van der Waals surface area contributed by atoms with Crippen molar-refractivity contribution >= 4 is 27.5 Å². The van der Waals surface area contributed by atoms with Crippen molar-refractivity contribution in [2.24, 2.45) is 5.73 Å². The lowest BCUT2D eigenvalue weighted by atomic mass is 10.0. The molecule has 0 fully saturated rings. The monoisotopic (exact) mass is 498 g/mol. The first-order chi connectivity index (χ1) is 16.4. The molecular formula is C26H34N4O2S2. The fourth-order valence-corrected chi connectivity index (χ4v) is 6.92. The number of para-hydroxylation sites is 1. The maximum atomic E-state index is 13.6. The van der Waals surface area contributed by atoms with Crippen LogP contribution >= 0.6 is 11.8 Å². The minimum Gasteiger partial charge on any atom is -0.403 e. The van der Waals surface area contributed by atoms with Crippen LogP contribution in [0.5, 0.6) is 0 Å². The van der Waals surface area contributed by atoms with E-state index >= 15 is 0 Å². The van der Waals surface area contributed by atoms with Crippen molar-refractivity contribution in [1.29, 1.82) is 0 Å². The van der Waals surface area contributed by atoms with Crippen molar-refractivity contribution in [2.75, 3.05) is 24.2 Å². The molecule has 1 aliphatic heterocycles. The zero-order valence-corrected chi connectivity index (χ0v) is 21.5. The Balaban J connectivity index is 2.05. The van der Waals surface area contributed by atoms with Gasteiger partial charge in [-0.25, -0.2) is 8.42 Å². The van der Waals surface area contributed by atoms with Crippen molar-refractivity contribution in [3.8, 4) is 0 Å². The Hall–Kier alpha value is -2.68. The van der Waals surface area contributed by atoms with Gasteiger partial charge in [-0.2, -0.15) is 4.31 Å². The third-order valence-electron chi connectivity index (χ3n) is 5.97. The molecule has 0 spiro atoms. The highest BCUT2D eigenvalue weighted by Crippen LogP contribution is 2.34. The van der Waals surface area contributed by atoms with Crippen LogP contribution < -0.4 is 16.0 Å². The van der Waals surface area contributed by atoms with Gasteiger partial charge in [-0.3, -0.25) is 0 Å². The van der Waals surface area contributed by atoms with Crippen LogP contribution in [0.2, 0.25) is 0 Å². The number of rotatable bonds is 10. The van der Waals surface area contributed by atoms with Gasteiger partial charge < -0.3 is 16.0 Å². The van der Waals surface area contributed by atoms with E-state index in [0.717, 1.165) is 29.8 Å². The Morgan fingerprint density at radius 2 is 1.91 bits per heavy atom. The predicted octanol–water partition coefficient (Wildman–Crippen LogP) is 4.40. The third-order valence-corrected chi connectivity index (χ3v) is 9.44. The molecule has 0 saturated heterocycles. The van der Waals surface area contributed by atoms with Gasteiger partial charge in [0.15, 0.2) is 0 Å². The number of nitrogens with one attached hydrogen (secondary N) is 1. The van der Waals surface area contributed by atoms with Gasteiger partial charge in [0.1, 0.15) is 4.24 Å². The number of benzene rings is 2. The summed E-state index contributed by atoms with van der Waals surface area (Å²) in [6.07, 6.45) is 8.26. The van der Waals surface area contributed by atoms with Crippen molar-refractivity contribution < 1.29 is 8.42 Å². The molecule has 0 radical (unpaired) electrons. The van der Waals surface area contributed by atoms with E-state index in [4.69, 9.17) is 5.73 Å². The first kappa shape index (κ1) is 25.9. The van der Waals surface area contributed by atoms with E-state index in [1.807, 2.05) is 36.4 Å². The lowest BCUT2D eigenvalue weighted by Gasteiger charge is -2.35. The molecule has 0 aliphatic carbocycles. The molecule has 0 bridgehead atoms. The van der Waals surface area contributed by atoms with E-state index in [1.165, 1.54) is 17.3 Å². The van der Waals surface area contributed by atoms with Gasteiger partial charge in [0.25, 0.3) is 0 Å². The topological polar surface area (TPSA) is 78.7 Å². The molecule has 3 rings (SSSR count). The average molecular weight is 499 g/mol. The molecule has 1 unspecified atom stereocenters. The number of hydrogen-bond acceptors (Lipinski definition) is 6. The summed E-state index contributed by atoms with van der Waals surface area (Å²) in [5.74, 6) is 0. The molecule has 34 heavy (non-hydrogen) atoms. The molecule has 6 nitrogen and oxygen atoms in total. The molecule has 0 saturated carbocycles. The van der Waals surface area contributed by atoms with E-state index in [1.54, 1.807) is 36.0 Å². The Kier molecular flexibility index (Phi) is 9.27. The maximum absolute atomic E-state index is 13.6. The van der Waals surface area contributed by atoms with Gasteiger partial charge >= 0.3 is 0 Å². The molecule has 1 heterocycles. The van der Waals surface area contributed by atoms with E-state index in [2.05, 4.69) is 35.0 Å². The number of aryl methyl sites for hydroxylation is 1. The maximum Gasteiger partial charge on any atom is 0.249 e. The predicted molar refractivity (Wildman–Crippen MR) is 145 cm³/mol. The molecule has 2 aromatic carbocycles. The minimum atomic E-state index is -3.61. The van der Waals surface area contributed by atoms with Crippen molar-refractivity contribution in [3.63, 3.8) is 0 Å². The zero-order chi connectivity index (χ0) is 24.6. The van der Waals surface area contributed by atoms with Gasteiger partial charge in [0.2, 0.25) is 10.0 Å². The molecule has 0 aromatic heterocycles. The second-order valence-corrected chi connectivity index (χ2v) is 11.1. The number of nitrogens with zero attached hydrogens (tertiary/aromatic N) is 2. The highest BCUT2D eigenvalue weighted by molar-refractivity contribution is 8.17. The van der Waals surface area contributed by atoms with Crippen LogP contribution in [0, 0.1) is 0 Å². The number of anilines is 1. The highest BCUT2D eigenvalue weighted by Gasteiger charge is 2.35. The summed E-state index contributed by atoms with van der Waals surface area (Å²) < 4.78 is 29.2. The van der Waals surface area contributed by atoms with Crippen LogP contribution in [0.4, 0.5) is 5.69 Å². The summed E-state index contributed by atoms with van der Waals surface area (Å²) in [6.45, 7) is 6.76. The molecule has 2 aromatic rings. The van der Waals surface area contributed by atoms with Gasteiger partial charge in [-0.1, -0.05) is 61.2 Å². The Labute approximate surface area is 208 Å². The summed E-state index contributed by atoms with van der Waals surface area (Å²) in [4.78, 5) is 2.28. The lowest BCUT2D eigenvalue weighted by Crippen LogP contribution is -2.45.